The van der Waals surface area contributed by atoms with E-state index in [0.717, 1.165) is 0 Å². The molecule has 38 heavy (non-hydrogen) atoms. The molecule has 2 aliphatic heterocycles. The van der Waals surface area contributed by atoms with Crippen molar-refractivity contribution in [3.63, 3.8) is 0 Å². The molecular weight excluding hydrogens is 544 g/mol. The number of piperazine rings is 1. The van der Waals surface area contributed by atoms with Crippen molar-refractivity contribution in [1.82, 2.24) is 29.6 Å². The van der Waals surface area contributed by atoms with Gasteiger partial charge in [-0.1, -0.05) is 11.3 Å². The molecule has 2 N–H and O–H groups in total. The van der Waals surface area contributed by atoms with Crippen LogP contribution in [0.5, 0.6) is 0 Å². The average molecular weight is 574 g/mol. The fourth-order valence-electron chi connectivity index (χ4n) is 4.67. The van der Waals surface area contributed by atoms with Crippen LogP contribution >= 0.6 is 11.3 Å². The van der Waals surface area contributed by atoms with Gasteiger partial charge in [0.15, 0.2) is 15.8 Å². The van der Waals surface area contributed by atoms with E-state index in [1.54, 1.807) is 37.8 Å². The van der Waals surface area contributed by atoms with Gasteiger partial charge in [-0.15, -0.1) is 10.2 Å². The number of fused-ring (bicyclic) bond motifs is 1. The van der Waals surface area contributed by atoms with Crippen LogP contribution in [0, 0.1) is 0 Å². The van der Waals surface area contributed by atoms with Crippen molar-refractivity contribution in [1.29, 1.82) is 0 Å². The molecule has 0 radical (unpaired) electrons. The van der Waals surface area contributed by atoms with Crippen molar-refractivity contribution in [2.75, 3.05) is 58.6 Å². The van der Waals surface area contributed by atoms with Gasteiger partial charge < -0.3 is 24.4 Å². The Labute approximate surface area is 222 Å². The van der Waals surface area contributed by atoms with Gasteiger partial charge in [0.1, 0.15) is 4.90 Å². The first-order valence-corrected chi connectivity index (χ1v) is 14.2. The van der Waals surface area contributed by atoms with Crippen LogP contribution in [0.4, 0.5) is 14.5 Å². The average Bonchev–Trinajstić information content (AvgIpc) is 3.51. The molecule has 3 aromatic rings. The molecule has 2 unspecified atom stereocenters. The molecule has 0 aromatic carbocycles. The number of anilines is 1. The SMILES string of the molecule is COCC1CN(c2cc(S(=O)(=O)NC3(C)COC3)cn3c(-c4nnc(C(F)F)s4)ncc23)C(COC)CN1. The molecular formula is C22H29F2N7O5S2. The quantitative estimate of drug-likeness (QED) is 0.366. The molecule has 5 heterocycles. The number of halogens is 2. The highest BCUT2D eigenvalue weighted by Gasteiger charge is 2.39. The Morgan fingerprint density at radius 3 is 2.68 bits per heavy atom. The Morgan fingerprint density at radius 2 is 2.05 bits per heavy atom. The Balaban J connectivity index is 1.66. The molecule has 12 nitrogen and oxygen atoms in total. The number of nitrogens with zero attached hydrogens (tertiary/aromatic N) is 5. The van der Waals surface area contributed by atoms with E-state index in [1.165, 1.54) is 6.20 Å². The molecule has 0 spiro atoms. The maximum Gasteiger partial charge on any atom is 0.291 e. The van der Waals surface area contributed by atoms with E-state index in [0.29, 0.717) is 48.8 Å². The van der Waals surface area contributed by atoms with E-state index < -0.39 is 27.0 Å². The summed E-state index contributed by atoms with van der Waals surface area (Å²) in [6.45, 7) is 4.21. The minimum atomic E-state index is -4.00. The summed E-state index contributed by atoms with van der Waals surface area (Å²) in [6.07, 6.45) is 0.230. The van der Waals surface area contributed by atoms with E-state index >= 15 is 0 Å². The fourth-order valence-corrected chi connectivity index (χ4v) is 6.75. The van der Waals surface area contributed by atoms with Crippen molar-refractivity contribution in [2.24, 2.45) is 0 Å². The van der Waals surface area contributed by atoms with Crippen LogP contribution in [-0.4, -0.2) is 99.4 Å². The third kappa shape index (κ3) is 5.25. The smallest absolute Gasteiger partial charge is 0.291 e. The summed E-state index contributed by atoms with van der Waals surface area (Å²) in [4.78, 5) is 6.50. The lowest BCUT2D eigenvalue weighted by Crippen LogP contribution is -2.60. The predicted octanol–water partition coefficient (Wildman–Crippen LogP) is 1.30. The topological polar surface area (TPSA) is 132 Å². The largest absolute Gasteiger partial charge is 0.383 e. The zero-order chi connectivity index (χ0) is 27.1. The van der Waals surface area contributed by atoms with E-state index in [-0.39, 0.29) is 41.0 Å². The van der Waals surface area contributed by atoms with Crippen LogP contribution in [0.3, 0.4) is 0 Å². The summed E-state index contributed by atoms with van der Waals surface area (Å²) >= 11 is 0.709. The molecule has 5 rings (SSSR count). The predicted molar refractivity (Wildman–Crippen MR) is 135 cm³/mol. The normalized spacial score (nSPS) is 21.8. The van der Waals surface area contributed by atoms with Crippen molar-refractivity contribution in [3.8, 4) is 10.8 Å². The van der Waals surface area contributed by atoms with Gasteiger partial charge in [0, 0.05) is 39.5 Å². The van der Waals surface area contributed by atoms with Crippen LogP contribution < -0.4 is 14.9 Å². The molecule has 0 aliphatic carbocycles. The lowest BCUT2D eigenvalue weighted by molar-refractivity contribution is -0.0523. The lowest BCUT2D eigenvalue weighted by atomic mass is 10.0. The number of rotatable bonds is 10. The minimum absolute atomic E-state index is 0.0102. The maximum absolute atomic E-state index is 13.6. The van der Waals surface area contributed by atoms with Gasteiger partial charge in [0.25, 0.3) is 6.43 Å². The highest BCUT2D eigenvalue weighted by atomic mass is 32.2. The van der Waals surface area contributed by atoms with Gasteiger partial charge in [0.05, 0.1) is 55.4 Å². The Hall–Kier alpha value is -2.34. The van der Waals surface area contributed by atoms with E-state index in [1.807, 2.05) is 0 Å². The van der Waals surface area contributed by atoms with Crippen LogP contribution in [0.2, 0.25) is 0 Å². The van der Waals surface area contributed by atoms with Crippen LogP contribution in [-0.2, 0) is 24.2 Å². The fraction of sp³-hybridized carbons (Fsp3) is 0.591. The molecule has 0 saturated carbocycles. The Bertz CT molecular complexity index is 1400. The monoisotopic (exact) mass is 573 g/mol. The summed E-state index contributed by atoms with van der Waals surface area (Å²) in [5.41, 5.74) is 0.462. The molecule has 16 heteroatoms. The van der Waals surface area contributed by atoms with Crippen molar-refractivity contribution < 1.29 is 31.4 Å². The van der Waals surface area contributed by atoms with Gasteiger partial charge in [-0.2, -0.15) is 0 Å². The van der Waals surface area contributed by atoms with E-state index in [2.05, 4.69) is 30.1 Å². The maximum atomic E-state index is 13.6. The number of hydrogen-bond acceptors (Lipinski definition) is 11. The summed E-state index contributed by atoms with van der Waals surface area (Å²) in [6, 6.07) is 1.47. The lowest BCUT2D eigenvalue weighted by Gasteiger charge is -2.42. The molecule has 3 aromatic heterocycles. The van der Waals surface area contributed by atoms with Crippen LogP contribution in [0.25, 0.3) is 16.3 Å². The molecule has 208 valence electrons. The molecule has 2 atom stereocenters. The standard InChI is InChI=1S/C22H29F2N7O5S2/c1-22(11-36-12-22)29-38(32,33)15-4-16(30-7-13(9-34-2)25-5-14(30)10-35-3)17-6-26-19(31(17)8-15)21-28-27-20(37-21)18(23)24/h4,6,8,13-14,18,25,29H,5,7,9-12H2,1-3H3. The third-order valence-electron chi connectivity index (χ3n) is 6.48. The number of imidazole rings is 1. The number of alkyl halides is 2. The number of nitrogens with one attached hydrogen (secondary N) is 2. The Morgan fingerprint density at radius 1 is 1.29 bits per heavy atom. The number of pyridine rings is 1. The number of sulfonamides is 1. The van der Waals surface area contributed by atoms with Crippen LogP contribution in [0.15, 0.2) is 23.4 Å². The highest BCUT2D eigenvalue weighted by Crippen LogP contribution is 2.34. The minimum Gasteiger partial charge on any atom is -0.383 e. The second kappa shape index (κ2) is 10.7. The van der Waals surface area contributed by atoms with Gasteiger partial charge in [-0.25, -0.2) is 26.9 Å². The number of ether oxygens (including phenoxy) is 3. The molecule has 2 fully saturated rings. The summed E-state index contributed by atoms with van der Waals surface area (Å²) < 4.78 is 73.9. The van der Waals surface area contributed by atoms with Crippen molar-refractivity contribution in [2.45, 2.75) is 35.9 Å². The van der Waals surface area contributed by atoms with Gasteiger partial charge in [-0.3, -0.25) is 4.40 Å². The second-order valence-corrected chi connectivity index (χ2v) is 12.3. The molecule has 0 amide bonds. The highest BCUT2D eigenvalue weighted by molar-refractivity contribution is 7.89. The van der Waals surface area contributed by atoms with E-state index in [9.17, 15) is 17.2 Å². The van der Waals surface area contributed by atoms with E-state index in [4.69, 9.17) is 14.2 Å². The summed E-state index contributed by atoms with van der Waals surface area (Å²) in [7, 11) is -0.775. The summed E-state index contributed by atoms with van der Waals surface area (Å²) in [5, 5.41) is 10.6. The second-order valence-electron chi connectivity index (χ2n) is 9.63. The first-order chi connectivity index (χ1) is 18.1. The number of aromatic nitrogens is 4. The van der Waals surface area contributed by atoms with Gasteiger partial charge in [-0.05, 0) is 13.0 Å². The first kappa shape index (κ1) is 27.2. The zero-order valence-corrected chi connectivity index (χ0v) is 22.7. The third-order valence-corrected chi connectivity index (χ3v) is 9.01. The van der Waals surface area contributed by atoms with Gasteiger partial charge >= 0.3 is 0 Å². The summed E-state index contributed by atoms with van der Waals surface area (Å²) in [5.74, 6) is 0.216. The van der Waals surface area contributed by atoms with Crippen molar-refractivity contribution in [3.05, 3.63) is 23.5 Å². The zero-order valence-electron chi connectivity index (χ0n) is 21.1. The first-order valence-electron chi connectivity index (χ1n) is 11.9. The number of hydrogen-bond donors (Lipinski definition) is 2. The number of methoxy groups -OCH3 is 2. The molecule has 2 saturated heterocycles. The van der Waals surface area contributed by atoms with Crippen LogP contribution in [0.1, 0.15) is 18.4 Å². The van der Waals surface area contributed by atoms with Gasteiger partial charge in [0.2, 0.25) is 10.0 Å². The Kier molecular flexibility index (Phi) is 7.65. The molecule has 0 bridgehead atoms. The van der Waals surface area contributed by atoms with Crippen molar-refractivity contribution >= 4 is 32.6 Å². The molecule has 2 aliphatic rings.